The third kappa shape index (κ3) is 3.60. The minimum atomic E-state index is -0.269. The molecule has 21 heavy (non-hydrogen) atoms. The lowest BCUT2D eigenvalue weighted by molar-refractivity contribution is -0.0432. The Morgan fingerprint density at radius 3 is 2.52 bits per heavy atom. The van der Waals surface area contributed by atoms with Crippen molar-refractivity contribution in [2.24, 2.45) is 0 Å². The number of nitrogens with one attached hydrogen (secondary N) is 1. The van der Waals surface area contributed by atoms with Crippen LogP contribution in [0.3, 0.4) is 0 Å². The third-order valence-corrected chi connectivity index (χ3v) is 3.50. The second-order valence-electron chi connectivity index (χ2n) is 5.02. The monoisotopic (exact) mass is 287 g/mol. The summed E-state index contributed by atoms with van der Waals surface area (Å²) in [6, 6.07) is 16.0. The first kappa shape index (κ1) is 14.0. The van der Waals surface area contributed by atoms with E-state index in [1.165, 1.54) is 12.1 Å². The van der Waals surface area contributed by atoms with Crippen molar-refractivity contribution in [2.45, 2.75) is 12.2 Å². The highest BCUT2D eigenvalue weighted by Crippen LogP contribution is 2.27. The molecule has 1 N–H and O–H groups in total. The van der Waals surface area contributed by atoms with E-state index in [1.807, 2.05) is 30.3 Å². The molecule has 1 unspecified atom stereocenters. The molecule has 3 nitrogen and oxygen atoms in total. The van der Waals surface area contributed by atoms with Crippen LogP contribution in [-0.4, -0.2) is 25.8 Å². The number of ether oxygens (including phenoxy) is 2. The molecular weight excluding hydrogens is 269 g/mol. The Morgan fingerprint density at radius 1 is 1.10 bits per heavy atom. The highest BCUT2D eigenvalue weighted by molar-refractivity contribution is 5.26. The zero-order valence-electron chi connectivity index (χ0n) is 11.7. The lowest BCUT2D eigenvalue weighted by atomic mass is 10.0. The molecule has 0 radical (unpaired) electrons. The number of benzene rings is 2. The van der Waals surface area contributed by atoms with Crippen LogP contribution in [0.25, 0.3) is 0 Å². The average Bonchev–Trinajstić information content (AvgIpc) is 2.56. The predicted molar refractivity (Wildman–Crippen MR) is 78.8 cm³/mol. The van der Waals surface area contributed by atoms with E-state index in [9.17, 15) is 4.39 Å². The Balaban J connectivity index is 1.83. The SMILES string of the molecule is Fc1ccc(OC(c2ccccc2)[C@@H]2CNCCO2)cc1. The van der Waals surface area contributed by atoms with E-state index in [-0.39, 0.29) is 18.0 Å². The summed E-state index contributed by atoms with van der Waals surface area (Å²) >= 11 is 0. The van der Waals surface area contributed by atoms with E-state index < -0.39 is 0 Å². The van der Waals surface area contributed by atoms with Crippen LogP contribution >= 0.6 is 0 Å². The fourth-order valence-corrected chi connectivity index (χ4v) is 2.44. The first-order valence-corrected chi connectivity index (χ1v) is 7.12. The van der Waals surface area contributed by atoms with Gasteiger partial charge in [-0.15, -0.1) is 0 Å². The summed E-state index contributed by atoms with van der Waals surface area (Å²) in [6.07, 6.45) is -0.282. The van der Waals surface area contributed by atoms with E-state index >= 15 is 0 Å². The maximum atomic E-state index is 13.0. The van der Waals surface area contributed by atoms with Gasteiger partial charge in [0.1, 0.15) is 17.7 Å². The molecule has 110 valence electrons. The Kier molecular flexibility index (Phi) is 4.48. The van der Waals surface area contributed by atoms with Crippen molar-refractivity contribution < 1.29 is 13.9 Å². The smallest absolute Gasteiger partial charge is 0.151 e. The van der Waals surface area contributed by atoms with Crippen molar-refractivity contribution in [3.8, 4) is 5.75 Å². The summed E-state index contributed by atoms with van der Waals surface area (Å²) in [5.74, 6) is 0.369. The topological polar surface area (TPSA) is 30.5 Å². The lowest BCUT2D eigenvalue weighted by Gasteiger charge is -2.31. The predicted octanol–water partition coefficient (Wildman–Crippen LogP) is 2.93. The van der Waals surface area contributed by atoms with Crippen LogP contribution in [0, 0.1) is 5.82 Å². The highest BCUT2D eigenvalue weighted by atomic mass is 19.1. The highest BCUT2D eigenvalue weighted by Gasteiger charge is 2.27. The fourth-order valence-electron chi connectivity index (χ4n) is 2.44. The molecule has 4 heteroatoms. The molecule has 0 aliphatic carbocycles. The van der Waals surface area contributed by atoms with Gasteiger partial charge in [0, 0.05) is 13.1 Å². The number of hydrogen-bond acceptors (Lipinski definition) is 3. The largest absolute Gasteiger partial charge is 0.483 e. The fraction of sp³-hybridized carbons (Fsp3) is 0.294. The summed E-state index contributed by atoms with van der Waals surface area (Å²) in [5, 5.41) is 3.31. The van der Waals surface area contributed by atoms with Crippen molar-refractivity contribution in [3.63, 3.8) is 0 Å². The molecule has 1 aliphatic heterocycles. The quantitative estimate of drug-likeness (QED) is 0.938. The van der Waals surface area contributed by atoms with Crippen molar-refractivity contribution in [3.05, 3.63) is 66.0 Å². The van der Waals surface area contributed by atoms with E-state index in [0.717, 1.165) is 18.7 Å². The molecule has 2 aromatic carbocycles. The lowest BCUT2D eigenvalue weighted by Crippen LogP contribution is -2.43. The van der Waals surface area contributed by atoms with E-state index in [0.29, 0.717) is 12.4 Å². The summed E-state index contributed by atoms with van der Waals surface area (Å²) < 4.78 is 24.9. The van der Waals surface area contributed by atoms with Gasteiger partial charge in [-0.25, -0.2) is 4.39 Å². The van der Waals surface area contributed by atoms with Gasteiger partial charge in [-0.2, -0.15) is 0 Å². The summed E-state index contributed by atoms with van der Waals surface area (Å²) in [5.41, 5.74) is 1.05. The minimum Gasteiger partial charge on any atom is -0.483 e. The van der Waals surface area contributed by atoms with E-state index in [4.69, 9.17) is 9.47 Å². The standard InChI is InChI=1S/C17H18FNO2/c18-14-6-8-15(9-7-14)21-17(13-4-2-1-3-5-13)16-12-19-10-11-20-16/h1-9,16-17,19H,10-12H2/t16-,17?/m0/s1. The Morgan fingerprint density at radius 2 is 1.86 bits per heavy atom. The maximum Gasteiger partial charge on any atom is 0.151 e. The zero-order chi connectivity index (χ0) is 14.5. The second-order valence-corrected chi connectivity index (χ2v) is 5.02. The molecule has 0 amide bonds. The second kappa shape index (κ2) is 6.70. The Bertz CT molecular complexity index is 553. The van der Waals surface area contributed by atoms with Gasteiger partial charge in [0.15, 0.2) is 6.10 Å². The molecule has 1 saturated heterocycles. The molecule has 3 rings (SSSR count). The van der Waals surface area contributed by atoms with Gasteiger partial charge in [0.05, 0.1) is 6.61 Å². The van der Waals surface area contributed by atoms with Gasteiger partial charge < -0.3 is 14.8 Å². The molecule has 1 aliphatic rings. The van der Waals surface area contributed by atoms with Gasteiger partial charge in [-0.3, -0.25) is 0 Å². The zero-order valence-corrected chi connectivity index (χ0v) is 11.7. The Labute approximate surface area is 123 Å². The van der Waals surface area contributed by atoms with Crippen LogP contribution in [0.5, 0.6) is 5.75 Å². The minimum absolute atomic E-state index is 0.0637. The van der Waals surface area contributed by atoms with Crippen LogP contribution in [0.2, 0.25) is 0 Å². The average molecular weight is 287 g/mol. The molecule has 1 heterocycles. The first-order chi connectivity index (χ1) is 10.3. The number of hydrogen-bond donors (Lipinski definition) is 1. The number of rotatable bonds is 4. The maximum absolute atomic E-state index is 13.0. The molecule has 0 saturated carbocycles. The van der Waals surface area contributed by atoms with Crippen molar-refractivity contribution in [2.75, 3.05) is 19.7 Å². The van der Waals surface area contributed by atoms with Crippen LogP contribution < -0.4 is 10.1 Å². The molecular formula is C17H18FNO2. The molecule has 0 spiro atoms. The third-order valence-electron chi connectivity index (χ3n) is 3.50. The molecule has 0 bridgehead atoms. The summed E-state index contributed by atoms with van der Waals surface area (Å²) in [4.78, 5) is 0. The first-order valence-electron chi connectivity index (χ1n) is 7.12. The molecule has 1 fully saturated rings. The van der Waals surface area contributed by atoms with Crippen molar-refractivity contribution >= 4 is 0 Å². The van der Waals surface area contributed by atoms with Crippen molar-refractivity contribution in [1.82, 2.24) is 5.32 Å². The van der Waals surface area contributed by atoms with Gasteiger partial charge in [-0.1, -0.05) is 30.3 Å². The number of morpholine rings is 1. The number of halogens is 1. The molecule has 0 aromatic heterocycles. The van der Waals surface area contributed by atoms with Gasteiger partial charge in [0.25, 0.3) is 0 Å². The van der Waals surface area contributed by atoms with Crippen LogP contribution in [-0.2, 0) is 4.74 Å². The summed E-state index contributed by atoms with van der Waals surface area (Å²) in [7, 11) is 0. The Hall–Kier alpha value is -1.91. The van der Waals surface area contributed by atoms with Crippen molar-refractivity contribution in [1.29, 1.82) is 0 Å². The van der Waals surface area contributed by atoms with E-state index in [1.54, 1.807) is 12.1 Å². The van der Waals surface area contributed by atoms with Gasteiger partial charge >= 0.3 is 0 Å². The van der Waals surface area contributed by atoms with Crippen LogP contribution in [0.15, 0.2) is 54.6 Å². The summed E-state index contributed by atoms with van der Waals surface area (Å²) in [6.45, 7) is 2.26. The van der Waals surface area contributed by atoms with Gasteiger partial charge in [0.2, 0.25) is 0 Å². The molecule has 2 aromatic rings. The van der Waals surface area contributed by atoms with Gasteiger partial charge in [-0.05, 0) is 29.8 Å². The molecule has 2 atom stereocenters. The normalized spacial score (nSPS) is 20.0. The van der Waals surface area contributed by atoms with E-state index in [2.05, 4.69) is 5.32 Å². The van der Waals surface area contributed by atoms with Crippen LogP contribution in [0.4, 0.5) is 4.39 Å². The van der Waals surface area contributed by atoms with Crippen LogP contribution in [0.1, 0.15) is 11.7 Å².